The minimum atomic E-state index is -0.0135. The van der Waals surface area contributed by atoms with Crippen LogP contribution < -0.4 is 0 Å². The molecule has 3 rings (SSSR count). The SMILES string of the molecule is C=CC(=O)N1CC(N2CCN(C(=O)CCc3cc(Cl)c(CC)cc3O)CC2)C1. The molecule has 0 radical (unpaired) electrons. The fourth-order valence-electron chi connectivity index (χ4n) is 3.85. The third-order valence-electron chi connectivity index (χ3n) is 5.77. The van der Waals surface area contributed by atoms with Gasteiger partial charge in [0.05, 0.1) is 0 Å². The van der Waals surface area contributed by atoms with Crippen LogP contribution in [0.25, 0.3) is 0 Å². The summed E-state index contributed by atoms with van der Waals surface area (Å²) in [5.74, 6) is 0.301. The number of amides is 2. The van der Waals surface area contributed by atoms with E-state index in [0.29, 0.717) is 37.0 Å². The first-order valence-corrected chi connectivity index (χ1v) is 10.2. The molecule has 2 heterocycles. The molecule has 0 aromatic heterocycles. The molecule has 0 spiro atoms. The first-order chi connectivity index (χ1) is 13.4. The Bertz CT molecular complexity index is 754. The molecule has 6 nitrogen and oxygen atoms in total. The monoisotopic (exact) mass is 405 g/mol. The lowest BCUT2D eigenvalue weighted by molar-refractivity contribution is -0.136. The van der Waals surface area contributed by atoms with Crippen molar-refractivity contribution >= 4 is 23.4 Å². The first-order valence-electron chi connectivity index (χ1n) is 9.86. The normalized spacial score (nSPS) is 18.1. The minimum absolute atomic E-state index is 0.0135. The van der Waals surface area contributed by atoms with Crippen molar-refractivity contribution in [2.75, 3.05) is 39.3 Å². The molecule has 1 aromatic rings. The summed E-state index contributed by atoms with van der Waals surface area (Å²) in [5.41, 5.74) is 1.63. The molecule has 1 N–H and O–H groups in total. The fraction of sp³-hybridized carbons (Fsp3) is 0.524. The molecular formula is C21H28ClN3O3. The molecular weight excluding hydrogens is 378 g/mol. The standard InChI is InChI=1S/C21H28ClN3O3/c1-3-15-12-19(26)16(11-18(15)22)5-6-21(28)24-9-7-23(8-10-24)17-13-25(14-17)20(27)4-2/h4,11-12,17,26H,2-3,5-10,13-14H2,1H3. The van der Waals surface area contributed by atoms with Crippen molar-refractivity contribution in [2.45, 2.75) is 32.2 Å². The van der Waals surface area contributed by atoms with Gasteiger partial charge in [-0.25, -0.2) is 0 Å². The zero-order chi connectivity index (χ0) is 20.3. The molecule has 0 unspecified atom stereocenters. The van der Waals surface area contributed by atoms with Crippen LogP contribution in [0.15, 0.2) is 24.8 Å². The second-order valence-electron chi connectivity index (χ2n) is 7.44. The van der Waals surface area contributed by atoms with Crippen molar-refractivity contribution in [1.82, 2.24) is 14.7 Å². The summed E-state index contributed by atoms with van der Waals surface area (Å²) in [6.45, 7) is 10.0. The van der Waals surface area contributed by atoms with Crippen LogP contribution in [-0.2, 0) is 22.4 Å². The van der Waals surface area contributed by atoms with E-state index in [0.717, 1.165) is 43.7 Å². The lowest BCUT2D eigenvalue weighted by Crippen LogP contribution is -2.64. The lowest BCUT2D eigenvalue weighted by atomic mass is 10.0. The van der Waals surface area contributed by atoms with E-state index in [4.69, 9.17) is 11.6 Å². The molecule has 2 saturated heterocycles. The van der Waals surface area contributed by atoms with Crippen LogP contribution in [0, 0.1) is 0 Å². The smallest absolute Gasteiger partial charge is 0.246 e. The van der Waals surface area contributed by atoms with Crippen LogP contribution >= 0.6 is 11.6 Å². The van der Waals surface area contributed by atoms with Gasteiger partial charge >= 0.3 is 0 Å². The molecule has 28 heavy (non-hydrogen) atoms. The number of benzene rings is 1. The lowest BCUT2D eigenvalue weighted by Gasteiger charge is -2.47. The molecule has 7 heteroatoms. The summed E-state index contributed by atoms with van der Waals surface area (Å²) in [4.78, 5) is 30.1. The van der Waals surface area contributed by atoms with Gasteiger partial charge in [0.15, 0.2) is 0 Å². The number of hydrogen-bond donors (Lipinski definition) is 1. The molecule has 2 fully saturated rings. The Hall–Kier alpha value is -2.05. The number of rotatable bonds is 6. The Balaban J connectivity index is 1.44. The predicted molar refractivity (Wildman–Crippen MR) is 110 cm³/mol. The van der Waals surface area contributed by atoms with Crippen molar-refractivity contribution in [3.05, 3.63) is 40.9 Å². The Labute approximate surface area is 171 Å². The molecule has 0 aliphatic carbocycles. The van der Waals surface area contributed by atoms with Gasteiger partial charge in [-0.05, 0) is 42.2 Å². The number of likely N-dealkylation sites (tertiary alicyclic amines) is 1. The van der Waals surface area contributed by atoms with Gasteiger partial charge in [-0.2, -0.15) is 0 Å². The number of hydrogen-bond acceptors (Lipinski definition) is 4. The van der Waals surface area contributed by atoms with Crippen molar-refractivity contribution < 1.29 is 14.7 Å². The first kappa shape index (κ1) is 20.7. The van der Waals surface area contributed by atoms with E-state index in [2.05, 4.69) is 11.5 Å². The number of phenols is 1. The van der Waals surface area contributed by atoms with Crippen molar-refractivity contribution in [3.63, 3.8) is 0 Å². The minimum Gasteiger partial charge on any atom is -0.508 e. The van der Waals surface area contributed by atoms with Crippen molar-refractivity contribution in [1.29, 1.82) is 0 Å². The van der Waals surface area contributed by atoms with E-state index in [9.17, 15) is 14.7 Å². The zero-order valence-corrected chi connectivity index (χ0v) is 17.1. The number of aryl methyl sites for hydroxylation is 2. The van der Waals surface area contributed by atoms with Gasteiger partial charge in [-0.15, -0.1) is 0 Å². The Morgan fingerprint density at radius 3 is 2.46 bits per heavy atom. The highest BCUT2D eigenvalue weighted by Gasteiger charge is 2.35. The van der Waals surface area contributed by atoms with Gasteiger partial charge in [0.2, 0.25) is 11.8 Å². The summed E-state index contributed by atoms with van der Waals surface area (Å²) in [7, 11) is 0. The van der Waals surface area contributed by atoms with E-state index in [-0.39, 0.29) is 17.6 Å². The summed E-state index contributed by atoms with van der Waals surface area (Å²) in [6, 6.07) is 3.85. The molecule has 0 saturated carbocycles. The Morgan fingerprint density at radius 2 is 1.86 bits per heavy atom. The van der Waals surface area contributed by atoms with E-state index >= 15 is 0 Å². The topological polar surface area (TPSA) is 64.1 Å². The second kappa shape index (κ2) is 8.97. The van der Waals surface area contributed by atoms with E-state index in [1.807, 2.05) is 11.8 Å². The van der Waals surface area contributed by atoms with Crippen molar-refractivity contribution in [3.8, 4) is 5.75 Å². The maximum atomic E-state index is 12.6. The molecule has 0 bridgehead atoms. The maximum Gasteiger partial charge on any atom is 0.246 e. The fourth-order valence-corrected chi connectivity index (χ4v) is 4.17. The molecule has 2 aliphatic heterocycles. The van der Waals surface area contributed by atoms with Gasteiger partial charge in [0.25, 0.3) is 0 Å². The van der Waals surface area contributed by atoms with E-state index in [1.54, 1.807) is 17.0 Å². The molecule has 1 aromatic carbocycles. The van der Waals surface area contributed by atoms with E-state index in [1.165, 1.54) is 6.08 Å². The van der Waals surface area contributed by atoms with Crippen LogP contribution in [-0.4, -0.2) is 76.9 Å². The second-order valence-corrected chi connectivity index (χ2v) is 7.85. The largest absolute Gasteiger partial charge is 0.508 e. The number of carbonyl (C=O) groups excluding carboxylic acids is 2. The molecule has 2 aliphatic rings. The highest BCUT2D eigenvalue weighted by Crippen LogP contribution is 2.28. The third kappa shape index (κ3) is 4.50. The van der Waals surface area contributed by atoms with Crippen molar-refractivity contribution in [2.24, 2.45) is 0 Å². The van der Waals surface area contributed by atoms with Crippen LogP contribution in [0.4, 0.5) is 0 Å². The van der Waals surface area contributed by atoms with Gasteiger partial charge in [-0.1, -0.05) is 25.1 Å². The predicted octanol–water partition coefficient (Wildman–Crippen LogP) is 2.08. The van der Waals surface area contributed by atoms with Gasteiger partial charge < -0.3 is 14.9 Å². The third-order valence-corrected chi connectivity index (χ3v) is 6.12. The highest BCUT2D eigenvalue weighted by molar-refractivity contribution is 6.31. The van der Waals surface area contributed by atoms with Gasteiger partial charge in [0.1, 0.15) is 5.75 Å². The summed E-state index contributed by atoms with van der Waals surface area (Å²) < 4.78 is 0. The van der Waals surface area contributed by atoms with Crippen LogP contribution in [0.5, 0.6) is 5.75 Å². The number of phenolic OH excluding ortho intramolecular Hbond substituents is 1. The molecule has 152 valence electrons. The zero-order valence-electron chi connectivity index (χ0n) is 16.4. The maximum absolute atomic E-state index is 12.6. The Morgan fingerprint density at radius 1 is 1.18 bits per heavy atom. The quantitative estimate of drug-likeness (QED) is 0.736. The summed E-state index contributed by atoms with van der Waals surface area (Å²) in [5, 5.41) is 10.8. The number of halogens is 1. The number of nitrogens with zero attached hydrogens (tertiary/aromatic N) is 3. The number of piperazine rings is 1. The summed E-state index contributed by atoms with van der Waals surface area (Å²) >= 11 is 6.23. The average Bonchev–Trinajstić information content (AvgIpc) is 2.67. The highest BCUT2D eigenvalue weighted by atomic mass is 35.5. The van der Waals surface area contributed by atoms with Gasteiger partial charge in [0, 0.05) is 56.8 Å². The van der Waals surface area contributed by atoms with Crippen LogP contribution in [0.2, 0.25) is 5.02 Å². The number of carbonyl (C=O) groups is 2. The van der Waals surface area contributed by atoms with Crippen LogP contribution in [0.3, 0.4) is 0 Å². The van der Waals surface area contributed by atoms with Gasteiger partial charge in [-0.3, -0.25) is 14.5 Å². The van der Waals surface area contributed by atoms with Crippen LogP contribution in [0.1, 0.15) is 24.5 Å². The Kier molecular flexibility index (Phi) is 6.62. The average molecular weight is 406 g/mol. The molecule has 2 amide bonds. The van der Waals surface area contributed by atoms with E-state index < -0.39 is 0 Å². The summed E-state index contributed by atoms with van der Waals surface area (Å²) in [6.07, 6.45) is 2.96. The number of aromatic hydroxyl groups is 1. The molecule has 0 atom stereocenters.